The maximum atomic E-state index is 13.1. The summed E-state index contributed by atoms with van der Waals surface area (Å²) in [6.07, 6.45) is 5.82. The van der Waals surface area contributed by atoms with E-state index >= 15 is 0 Å². The number of aromatic nitrogens is 4. The van der Waals surface area contributed by atoms with Crippen LogP contribution in [0.5, 0.6) is 0 Å². The molecule has 3 unspecified atom stereocenters. The highest BCUT2D eigenvalue weighted by molar-refractivity contribution is 5.74. The Morgan fingerprint density at radius 1 is 1.12 bits per heavy atom. The Morgan fingerprint density at radius 2 is 1.78 bits per heavy atom. The van der Waals surface area contributed by atoms with Crippen molar-refractivity contribution in [2.24, 2.45) is 11.8 Å². The quantitative estimate of drug-likeness (QED) is 0.688. The Hall–Kier alpha value is -2.38. The molecule has 0 aliphatic heterocycles. The zero-order chi connectivity index (χ0) is 23.3. The van der Waals surface area contributed by atoms with Gasteiger partial charge in [-0.2, -0.15) is 0 Å². The van der Waals surface area contributed by atoms with E-state index in [4.69, 9.17) is 9.72 Å². The average Bonchev–Trinajstić information content (AvgIpc) is 3.30. The van der Waals surface area contributed by atoms with Crippen LogP contribution >= 0.6 is 0 Å². The molecule has 8 heteroatoms. The standard InChI is InChI=1S/C24H36N4O4/c1-6-12-27-18-17(19(29)28(13-7-2)22(27)31)25-21(26-18)24-10-8-15(14-24)16(9-11-24)20(30)32-23(3,4)5/h15-16H,6-14H2,1-5H3,(H,25,26). The zero-order valence-electron chi connectivity index (χ0n) is 20.0. The van der Waals surface area contributed by atoms with Gasteiger partial charge < -0.3 is 9.72 Å². The Kier molecular flexibility index (Phi) is 5.84. The SMILES string of the molecule is CCCn1c(=O)c2[nH]c(C34CCC(C3)C(C(=O)OC(C)(C)C)CC4)nc2n(CCC)c1=O. The summed E-state index contributed by atoms with van der Waals surface area (Å²) in [5.41, 5.74) is -0.322. The summed E-state index contributed by atoms with van der Waals surface area (Å²) in [7, 11) is 0. The van der Waals surface area contributed by atoms with Gasteiger partial charge in [-0.15, -0.1) is 0 Å². The topological polar surface area (TPSA) is 99.0 Å². The molecule has 1 N–H and O–H groups in total. The lowest BCUT2D eigenvalue weighted by molar-refractivity contribution is -0.163. The molecule has 2 aromatic rings. The van der Waals surface area contributed by atoms with E-state index in [9.17, 15) is 14.4 Å². The fourth-order valence-electron chi connectivity index (χ4n) is 5.69. The maximum Gasteiger partial charge on any atom is 0.332 e. The highest BCUT2D eigenvalue weighted by atomic mass is 16.6. The van der Waals surface area contributed by atoms with Crippen LogP contribution in [0.15, 0.2) is 9.59 Å². The molecule has 2 heterocycles. The number of imidazole rings is 1. The number of nitrogens with one attached hydrogen (secondary N) is 1. The molecule has 2 bridgehead atoms. The van der Waals surface area contributed by atoms with Crippen LogP contribution < -0.4 is 11.2 Å². The van der Waals surface area contributed by atoms with E-state index in [1.807, 2.05) is 34.6 Å². The Labute approximate surface area is 188 Å². The van der Waals surface area contributed by atoms with Gasteiger partial charge in [0.05, 0.1) is 5.92 Å². The first-order valence-electron chi connectivity index (χ1n) is 12.1. The molecular formula is C24H36N4O4. The summed E-state index contributed by atoms with van der Waals surface area (Å²) in [5, 5.41) is 0. The van der Waals surface area contributed by atoms with Crippen molar-refractivity contribution in [2.75, 3.05) is 0 Å². The number of carbonyl (C=O) groups excluding carboxylic acids is 1. The summed E-state index contributed by atoms with van der Waals surface area (Å²) >= 11 is 0. The molecule has 32 heavy (non-hydrogen) atoms. The van der Waals surface area contributed by atoms with E-state index in [0.717, 1.165) is 44.3 Å². The summed E-state index contributed by atoms with van der Waals surface area (Å²) in [6.45, 7) is 10.6. The highest BCUT2D eigenvalue weighted by Gasteiger charge is 2.51. The van der Waals surface area contributed by atoms with E-state index < -0.39 is 5.60 Å². The van der Waals surface area contributed by atoms with Crippen molar-refractivity contribution in [3.63, 3.8) is 0 Å². The second-order valence-corrected chi connectivity index (χ2v) is 10.6. The van der Waals surface area contributed by atoms with Crippen LogP contribution in [0.3, 0.4) is 0 Å². The monoisotopic (exact) mass is 444 g/mol. The minimum Gasteiger partial charge on any atom is -0.460 e. The minimum atomic E-state index is -0.482. The van der Waals surface area contributed by atoms with E-state index in [-0.39, 0.29) is 34.5 Å². The minimum absolute atomic E-state index is 0.0747. The van der Waals surface area contributed by atoms with Gasteiger partial charge in [0, 0.05) is 18.5 Å². The average molecular weight is 445 g/mol. The zero-order valence-corrected chi connectivity index (χ0v) is 20.0. The molecule has 0 radical (unpaired) electrons. The number of H-pyrrole nitrogens is 1. The first kappa shape index (κ1) is 22.8. The third-order valence-electron chi connectivity index (χ3n) is 7.12. The van der Waals surface area contributed by atoms with E-state index in [0.29, 0.717) is 30.7 Å². The van der Waals surface area contributed by atoms with Gasteiger partial charge in [-0.1, -0.05) is 13.8 Å². The van der Waals surface area contributed by atoms with Crippen molar-refractivity contribution in [1.29, 1.82) is 0 Å². The van der Waals surface area contributed by atoms with Crippen LogP contribution in [0, 0.1) is 11.8 Å². The molecule has 0 spiro atoms. The predicted octanol–water partition coefficient (Wildman–Crippen LogP) is 3.50. The number of nitrogens with zero attached hydrogens (tertiary/aromatic N) is 3. The van der Waals surface area contributed by atoms with Crippen LogP contribution in [0.1, 0.15) is 85.4 Å². The molecule has 4 rings (SSSR count). The number of carbonyl (C=O) groups is 1. The second-order valence-electron chi connectivity index (χ2n) is 10.6. The Morgan fingerprint density at radius 3 is 2.44 bits per heavy atom. The fraction of sp³-hybridized carbons (Fsp3) is 0.750. The molecular weight excluding hydrogens is 408 g/mol. The molecule has 2 aliphatic rings. The van der Waals surface area contributed by atoms with E-state index in [1.54, 1.807) is 4.57 Å². The van der Waals surface area contributed by atoms with Crippen LogP contribution in [-0.2, 0) is 28.0 Å². The van der Waals surface area contributed by atoms with Crippen molar-refractivity contribution in [3.8, 4) is 0 Å². The van der Waals surface area contributed by atoms with E-state index in [1.165, 1.54) is 4.57 Å². The molecule has 0 aromatic carbocycles. The van der Waals surface area contributed by atoms with Crippen molar-refractivity contribution in [2.45, 2.75) is 104 Å². The highest BCUT2D eigenvalue weighted by Crippen LogP contribution is 2.54. The van der Waals surface area contributed by atoms with Crippen molar-refractivity contribution >= 4 is 17.1 Å². The van der Waals surface area contributed by atoms with Gasteiger partial charge in [-0.3, -0.25) is 18.7 Å². The number of rotatable bonds is 6. The molecule has 0 amide bonds. The molecule has 2 aromatic heterocycles. The number of esters is 1. The van der Waals surface area contributed by atoms with E-state index in [2.05, 4.69) is 4.98 Å². The van der Waals surface area contributed by atoms with Crippen LogP contribution in [0.2, 0.25) is 0 Å². The lowest BCUT2D eigenvalue weighted by Crippen LogP contribution is -2.40. The lowest BCUT2D eigenvalue weighted by Gasteiger charge is -2.36. The molecule has 2 fully saturated rings. The van der Waals surface area contributed by atoms with Gasteiger partial charge in [-0.05, 0) is 71.6 Å². The number of ether oxygens (including phenoxy) is 1. The van der Waals surface area contributed by atoms with Gasteiger partial charge >= 0.3 is 11.7 Å². The largest absolute Gasteiger partial charge is 0.460 e. The summed E-state index contributed by atoms with van der Waals surface area (Å²) in [6, 6.07) is 0. The maximum absolute atomic E-state index is 13.1. The first-order valence-corrected chi connectivity index (χ1v) is 12.1. The van der Waals surface area contributed by atoms with Gasteiger partial charge in [0.2, 0.25) is 0 Å². The second kappa shape index (κ2) is 8.19. The first-order chi connectivity index (χ1) is 15.1. The number of fused-ring (bicyclic) bond motifs is 3. The van der Waals surface area contributed by atoms with Crippen LogP contribution in [-0.4, -0.2) is 30.7 Å². The normalized spacial score (nSPS) is 25.4. The smallest absolute Gasteiger partial charge is 0.332 e. The van der Waals surface area contributed by atoms with Gasteiger partial charge in [0.25, 0.3) is 5.56 Å². The van der Waals surface area contributed by atoms with Crippen molar-refractivity contribution in [3.05, 3.63) is 26.7 Å². The summed E-state index contributed by atoms with van der Waals surface area (Å²) in [5.74, 6) is 0.894. The molecule has 176 valence electrons. The molecule has 3 atom stereocenters. The lowest BCUT2D eigenvalue weighted by atomic mass is 9.70. The Balaban J connectivity index is 1.70. The number of aromatic amines is 1. The molecule has 2 aliphatic carbocycles. The van der Waals surface area contributed by atoms with Crippen molar-refractivity contribution < 1.29 is 9.53 Å². The van der Waals surface area contributed by atoms with Gasteiger partial charge in [0.1, 0.15) is 16.9 Å². The predicted molar refractivity (Wildman–Crippen MR) is 123 cm³/mol. The van der Waals surface area contributed by atoms with Crippen LogP contribution in [0.4, 0.5) is 0 Å². The van der Waals surface area contributed by atoms with Gasteiger partial charge in [-0.25, -0.2) is 9.78 Å². The third-order valence-corrected chi connectivity index (χ3v) is 7.12. The number of hydrogen-bond donors (Lipinski definition) is 1. The molecule has 8 nitrogen and oxygen atoms in total. The van der Waals surface area contributed by atoms with Crippen molar-refractivity contribution in [1.82, 2.24) is 19.1 Å². The number of aryl methyl sites for hydroxylation is 1. The Bertz CT molecular complexity index is 1140. The fourth-order valence-corrected chi connectivity index (χ4v) is 5.69. The molecule has 0 saturated heterocycles. The third kappa shape index (κ3) is 3.82. The molecule has 2 saturated carbocycles. The summed E-state index contributed by atoms with van der Waals surface area (Å²) in [4.78, 5) is 47.0. The summed E-state index contributed by atoms with van der Waals surface area (Å²) < 4.78 is 8.65. The number of hydrogen-bond acceptors (Lipinski definition) is 5. The van der Waals surface area contributed by atoms with Crippen LogP contribution in [0.25, 0.3) is 11.2 Å². The van der Waals surface area contributed by atoms with Gasteiger partial charge in [0.15, 0.2) is 5.65 Å².